The first-order valence-corrected chi connectivity index (χ1v) is 9.29. The smallest absolute Gasteiger partial charge is 0.184 e. The quantitative estimate of drug-likeness (QED) is 0.231. The van der Waals surface area contributed by atoms with E-state index < -0.39 is 0 Å². The van der Waals surface area contributed by atoms with Gasteiger partial charge in [-0.05, 0) is 36.0 Å². The van der Waals surface area contributed by atoms with Gasteiger partial charge in [-0.25, -0.2) is 4.98 Å². The minimum Gasteiger partial charge on any atom is -0.375 e. The van der Waals surface area contributed by atoms with Gasteiger partial charge >= 0.3 is 0 Å². The zero-order chi connectivity index (χ0) is 20.2. The number of hydrazone groups is 1. The summed E-state index contributed by atoms with van der Waals surface area (Å²) in [5.74, 6) is 0. The fourth-order valence-electron chi connectivity index (χ4n) is 3.26. The third kappa shape index (κ3) is 3.76. The van der Waals surface area contributed by atoms with E-state index in [0.29, 0.717) is 11.4 Å². The Morgan fingerprint density at radius 3 is 2.62 bits per heavy atom. The lowest BCUT2D eigenvalue weighted by atomic mass is 10.1. The number of fused-ring (bicyclic) bond motifs is 3. The Hall–Kier alpha value is -3.84. The van der Waals surface area contributed by atoms with Crippen molar-refractivity contribution in [2.45, 2.75) is 0 Å². The van der Waals surface area contributed by atoms with Crippen LogP contribution in [0.3, 0.4) is 0 Å². The number of aldehydes is 1. The molecule has 2 aromatic heterocycles. The Morgan fingerprint density at radius 2 is 1.86 bits per heavy atom. The number of hydrogen-bond acceptors (Lipinski definition) is 4. The second kappa shape index (κ2) is 8.04. The first-order valence-electron chi connectivity index (χ1n) is 8.88. The lowest BCUT2D eigenvalue weighted by Crippen LogP contribution is -2.24. The Kier molecular flexibility index (Phi) is 5.13. The number of nitrogens with zero attached hydrogens (tertiary/aromatic N) is 3. The molecule has 4 rings (SSSR count). The lowest BCUT2D eigenvalue weighted by molar-refractivity contribution is 0.112. The summed E-state index contributed by atoms with van der Waals surface area (Å²) >= 11 is 4.74. The highest BCUT2D eigenvalue weighted by atomic mass is 32.1. The van der Waals surface area contributed by atoms with Gasteiger partial charge in [-0.15, -0.1) is 0 Å². The van der Waals surface area contributed by atoms with E-state index in [2.05, 4.69) is 15.5 Å². The van der Waals surface area contributed by atoms with Crippen LogP contribution in [-0.2, 0) is 0 Å². The van der Waals surface area contributed by atoms with E-state index in [1.54, 1.807) is 0 Å². The van der Waals surface area contributed by atoms with Crippen molar-refractivity contribution in [2.24, 2.45) is 10.8 Å². The molecule has 7 heteroatoms. The zero-order valence-corrected chi connectivity index (χ0v) is 16.1. The summed E-state index contributed by atoms with van der Waals surface area (Å²) < 4.78 is 1.99. The van der Waals surface area contributed by atoms with E-state index in [4.69, 9.17) is 18.0 Å². The standard InChI is InChI=1S/C22H17N5OS/c23-22(29)26-24-13-16-12-18-17-8-4-5-9-20(17)27(21(18)19(14-28)25-16)11-10-15-6-2-1-3-7-15/h1-14H,(H3,23,26,29)/b11-10+,24-13+. The van der Waals surface area contributed by atoms with Crippen molar-refractivity contribution < 1.29 is 4.79 Å². The summed E-state index contributed by atoms with van der Waals surface area (Å²) in [6, 6.07) is 19.8. The maximum atomic E-state index is 11.9. The Bertz CT molecular complexity index is 1270. The summed E-state index contributed by atoms with van der Waals surface area (Å²) in [7, 11) is 0. The molecule has 2 aromatic carbocycles. The van der Waals surface area contributed by atoms with Crippen LogP contribution in [0.5, 0.6) is 0 Å². The molecule has 0 aliphatic rings. The van der Waals surface area contributed by atoms with E-state index in [0.717, 1.165) is 33.7 Å². The third-order valence-corrected chi connectivity index (χ3v) is 4.52. The van der Waals surface area contributed by atoms with E-state index in [1.807, 2.05) is 77.5 Å². The van der Waals surface area contributed by atoms with Gasteiger partial charge in [-0.3, -0.25) is 10.2 Å². The molecule has 0 saturated carbocycles. The summed E-state index contributed by atoms with van der Waals surface area (Å²) in [5, 5.41) is 5.93. The van der Waals surface area contributed by atoms with E-state index in [-0.39, 0.29) is 5.11 Å². The van der Waals surface area contributed by atoms with Gasteiger partial charge in [0, 0.05) is 17.0 Å². The molecular weight excluding hydrogens is 382 g/mol. The van der Waals surface area contributed by atoms with Crippen LogP contribution in [0.4, 0.5) is 0 Å². The number of para-hydroxylation sites is 1. The Balaban J connectivity index is 1.93. The zero-order valence-electron chi connectivity index (χ0n) is 15.3. The third-order valence-electron chi connectivity index (χ3n) is 4.43. The summed E-state index contributed by atoms with van der Waals surface area (Å²) in [5.41, 5.74) is 11.5. The predicted molar refractivity (Wildman–Crippen MR) is 122 cm³/mol. The average molecular weight is 399 g/mol. The van der Waals surface area contributed by atoms with Gasteiger partial charge in [-0.1, -0.05) is 48.5 Å². The average Bonchev–Trinajstić information content (AvgIpc) is 3.06. The molecule has 0 bridgehead atoms. The van der Waals surface area contributed by atoms with Crippen LogP contribution < -0.4 is 11.2 Å². The molecule has 0 radical (unpaired) electrons. The molecule has 0 saturated heterocycles. The minimum absolute atomic E-state index is 0.0561. The van der Waals surface area contributed by atoms with Crippen LogP contribution in [0.15, 0.2) is 65.8 Å². The fourth-order valence-corrected chi connectivity index (χ4v) is 3.31. The molecule has 29 heavy (non-hydrogen) atoms. The maximum absolute atomic E-state index is 11.9. The molecule has 2 heterocycles. The van der Waals surface area contributed by atoms with E-state index in [9.17, 15) is 4.79 Å². The van der Waals surface area contributed by atoms with Crippen LogP contribution in [0.2, 0.25) is 0 Å². The summed E-state index contributed by atoms with van der Waals surface area (Å²) in [6.07, 6.45) is 6.20. The molecular formula is C22H17N5OS. The molecule has 0 fully saturated rings. The largest absolute Gasteiger partial charge is 0.375 e. The first-order chi connectivity index (χ1) is 14.2. The molecule has 0 unspecified atom stereocenters. The van der Waals surface area contributed by atoms with Gasteiger partial charge in [0.15, 0.2) is 11.4 Å². The van der Waals surface area contributed by atoms with Crippen molar-refractivity contribution in [3.8, 4) is 0 Å². The monoisotopic (exact) mass is 399 g/mol. The van der Waals surface area contributed by atoms with Crippen LogP contribution >= 0.6 is 12.2 Å². The number of benzene rings is 2. The summed E-state index contributed by atoms with van der Waals surface area (Å²) in [6.45, 7) is 0. The molecule has 0 spiro atoms. The van der Waals surface area contributed by atoms with Crippen LogP contribution in [-0.4, -0.2) is 27.2 Å². The molecule has 0 aliphatic carbocycles. The number of rotatable bonds is 5. The SMILES string of the molecule is NC(=S)N/N=C/c1cc2c3ccccc3n(/C=C/c3ccccc3)c2c(C=O)n1. The molecule has 0 aliphatic heterocycles. The van der Waals surface area contributed by atoms with Crippen LogP contribution in [0, 0.1) is 0 Å². The lowest BCUT2D eigenvalue weighted by Gasteiger charge is -2.04. The second-order valence-electron chi connectivity index (χ2n) is 6.29. The van der Waals surface area contributed by atoms with Crippen molar-refractivity contribution >= 4 is 63.9 Å². The van der Waals surface area contributed by atoms with E-state index >= 15 is 0 Å². The summed E-state index contributed by atoms with van der Waals surface area (Å²) in [4.78, 5) is 16.3. The van der Waals surface area contributed by atoms with Gasteiger partial charge in [0.25, 0.3) is 0 Å². The first kappa shape index (κ1) is 18.5. The number of thiocarbonyl (C=S) groups is 1. The van der Waals surface area contributed by atoms with Gasteiger partial charge in [0.2, 0.25) is 0 Å². The molecule has 142 valence electrons. The number of carbonyl (C=O) groups is 1. The Labute approximate surface area is 172 Å². The predicted octanol–water partition coefficient (Wildman–Crippen LogP) is 3.80. The topological polar surface area (TPSA) is 85.3 Å². The molecule has 0 amide bonds. The van der Waals surface area contributed by atoms with Crippen molar-refractivity contribution in [3.05, 3.63) is 77.6 Å². The van der Waals surface area contributed by atoms with Crippen LogP contribution in [0.25, 0.3) is 34.1 Å². The fraction of sp³-hybridized carbons (Fsp3) is 0. The second-order valence-corrected chi connectivity index (χ2v) is 6.73. The number of nitrogens with one attached hydrogen (secondary N) is 1. The normalized spacial score (nSPS) is 11.6. The van der Waals surface area contributed by atoms with Gasteiger partial charge < -0.3 is 10.3 Å². The Morgan fingerprint density at radius 1 is 1.10 bits per heavy atom. The maximum Gasteiger partial charge on any atom is 0.184 e. The molecule has 6 nitrogen and oxygen atoms in total. The highest BCUT2D eigenvalue weighted by molar-refractivity contribution is 7.80. The minimum atomic E-state index is 0.0561. The number of pyridine rings is 1. The molecule has 4 aromatic rings. The molecule has 0 atom stereocenters. The van der Waals surface area contributed by atoms with Crippen molar-refractivity contribution in [2.75, 3.05) is 0 Å². The van der Waals surface area contributed by atoms with Gasteiger partial charge in [0.05, 0.1) is 22.9 Å². The van der Waals surface area contributed by atoms with Crippen molar-refractivity contribution in [1.29, 1.82) is 0 Å². The molecule has 3 N–H and O–H groups in total. The number of nitrogens with two attached hydrogens (primary N) is 1. The highest BCUT2D eigenvalue weighted by Crippen LogP contribution is 2.31. The number of carbonyl (C=O) groups excluding carboxylic acids is 1. The van der Waals surface area contributed by atoms with Crippen LogP contribution in [0.1, 0.15) is 21.7 Å². The van der Waals surface area contributed by atoms with Crippen molar-refractivity contribution in [3.63, 3.8) is 0 Å². The highest BCUT2D eigenvalue weighted by Gasteiger charge is 2.14. The van der Waals surface area contributed by atoms with E-state index in [1.165, 1.54) is 6.21 Å². The number of hydrogen-bond donors (Lipinski definition) is 2. The van der Waals surface area contributed by atoms with Crippen molar-refractivity contribution in [1.82, 2.24) is 15.0 Å². The van der Waals surface area contributed by atoms with Gasteiger partial charge in [0.1, 0.15) is 5.69 Å². The van der Waals surface area contributed by atoms with Gasteiger partial charge in [-0.2, -0.15) is 5.10 Å². The number of aromatic nitrogens is 2.